The lowest BCUT2D eigenvalue weighted by atomic mass is 9.99. The summed E-state index contributed by atoms with van der Waals surface area (Å²) in [6.45, 7) is 3.31. The van der Waals surface area contributed by atoms with Crippen molar-refractivity contribution >= 4 is 17.5 Å². The number of amides is 2. The van der Waals surface area contributed by atoms with Crippen LogP contribution in [0.1, 0.15) is 26.2 Å². The van der Waals surface area contributed by atoms with Crippen molar-refractivity contribution in [1.29, 1.82) is 0 Å². The van der Waals surface area contributed by atoms with E-state index in [2.05, 4.69) is 5.32 Å². The lowest BCUT2D eigenvalue weighted by Crippen LogP contribution is -2.54. The van der Waals surface area contributed by atoms with E-state index in [-0.39, 0.29) is 37.0 Å². The third kappa shape index (κ3) is 5.48. The number of benzene rings is 1. The number of carbonyl (C=O) groups excluding carboxylic acids is 2. The molecular formula is C21H31N3O6. The highest BCUT2D eigenvalue weighted by atomic mass is 16.6. The van der Waals surface area contributed by atoms with Crippen molar-refractivity contribution in [2.24, 2.45) is 0 Å². The van der Waals surface area contributed by atoms with Gasteiger partial charge in [0.25, 0.3) is 5.91 Å². The lowest BCUT2D eigenvalue weighted by molar-refractivity contribution is -0.231. The molecule has 3 rings (SSSR count). The van der Waals surface area contributed by atoms with Crippen molar-refractivity contribution in [3.05, 3.63) is 24.3 Å². The van der Waals surface area contributed by atoms with Crippen molar-refractivity contribution in [3.8, 4) is 5.75 Å². The number of aliphatic hydroxyl groups is 2. The molecule has 166 valence electrons. The Hall–Kier alpha value is -2.20. The molecule has 3 N–H and O–H groups in total. The molecule has 1 aromatic carbocycles. The Kier molecular flexibility index (Phi) is 7.65. The molecule has 1 fully saturated rings. The van der Waals surface area contributed by atoms with Gasteiger partial charge in [0.2, 0.25) is 5.91 Å². The SMILES string of the molecule is C[C@@H]1C[C@H](N(C)CCCNC(=O)CCN2C(=O)COc3ccccc32)[C@@H](O)[C@H](O)O1. The van der Waals surface area contributed by atoms with Gasteiger partial charge < -0.3 is 34.8 Å². The predicted octanol–water partition coefficient (Wildman–Crippen LogP) is 0.0969. The number of nitrogens with zero attached hydrogens (tertiary/aromatic N) is 2. The minimum atomic E-state index is -1.17. The van der Waals surface area contributed by atoms with Crippen LogP contribution in [-0.2, 0) is 14.3 Å². The quantitative estimate of drug-likeness (QED) is 0.511. The summed E-state index contributed by atoms with van der Waals surface area (Å²) in [5, 5.41) is 22.8. The second kappa shape index (κ2) is 10.2. The summed E-state index contributed by atoms with van der Waals surface area (Å²) >= 11 is 0. The molecule has 2 aliphatic rings. The highest BCUT2D eigenvalue weighted by Gasteiger charge is 2.36. The van der Waals surface area contributed by atoms with Crippen LogP contribution >= 0.6 is 0 Å². The number of hydrogen-bond acceptors (Lipinski definition) is 7. The molecule has 2 aliphatic heterocycles. The fourth-order valence-electron chi connectivity index (χ4n) is 3.91. The van der Waals surface area contributed by atoms with Gasteiger partial charge in [-0.2, -0.15) is 0 Å². The Morgan fingerprint density at radius 1 is 1.33 bits per heavy atom. The van der Waals surface area contributed by atoms with E-state index in [1.165, 1.54) is 0 Å². The third-order valence-electron chi connectivity index (χ3n) is 5.58. The highest BCUT2D eigenvalue weighted by Crippen LogP contribution is 2.31. The Balaban J connectivity index is 1.38. The van der Waals surface area contributed by atoms with E-state index in [1.807, 2.05) is 37.1 Å². The van der Waals surface area contributed by atoms with E-state index in [4.69, 9.17) is 9.47 Å². The molecular weight excluding hydrogens is 390 g/mol. The minimum absolute atomic E-state index is 0.0175. The maximum Gasteiger partial charge on any atom is 0.265 e. The zero-order chi connectivity index (χ0) is 21.7. The second-order valence-corrected chi connectivity index (χ2v) is 7.87. The molecule has 2 amide bonds. The largest absolute Gasteiger partial charge is 0.482 e. The molecule has 1 aromatic rings. The first-order valence-corrected chi connectivity index (χ1v) is 10.4. The van der Waals surface area contributed by atoms with Crippen molar-refractivity contribution in [3.63, 3.8) is 0 Å². The van der Waals surface area contributed by atoms with E-state index >= 15 is 0 Å². The monoisotopic (exact) mass is 421 g/mol. The number of rotatable bonds is 8. The summed E-state index contributed by atoms with van der Waals surface area (Å²) in [7, 11) is 1.89. The van der Waals surface area contributed by atoms with E-state index in [1.54, 1.807) is 11.0 Å². The fraction of sp³-hybridized carbons (Fsp3) is 0.619. The van der Waals surface area contributed by atoms with Crippen LogP contribution in [0, 0.1) is 0 Å². The van der Waals surface area contributed by atoms with Crippen molar-refractivity contribution in [2.45, 2.75) is 50.7 Å². The van der Waals surface area contributed by atoms with Gasteiger partial charge in [-0.1, -0.05) is 12.1 Å². The molecule has 4 atom stereocenters. The maximum atomic E-state index is 12.2. The molecule has 0 aliphatic carbocycles. The van der Waals surface area contributed by atoms with Gasteiger partial charge in [-0.15, -0.1) is 0 Å². The van der Waals surface area contributed by atoms with Crippen LogP contribution in [0.5, 0.6) is 5.75 Å². The first kappa shape index (κ1) is 22.5. The van der Waals surface area contributed by atoms with Gasteiger partial charge in [0.1, 0.15) is 11.9 Å². The number of hydrogen-bond donors (Lipinski definition) is 3. The van der Waals surface area contributed by atoms with Crippen LogP contribution in [0.15, 0.2) is 24.3 Å². The van der Waals surface area contributed by atoms with E-state index in [9.17, 15) is 19.8 Å². The van der Waals surface area contributed by atoms with Gasteiger partial charge in [0, 0.05) is 25.6 Å². The number of anilines is 1. The predicted molar refractivity (Wildman–Crippen MR) is 110 cm³/mol. The van der Waals surface area contributed by atoms with Crippen LogP contribution in [-0.4, -0.2) is 84.8 Å². The summed E-state index contributed by atoms with van der Waals surface area (Å²) in [6.07, 6.45) is -0.697. The van der Waals surface area contributed by atoms with Crippen LogP contribution in [0.2, 0.25) is 0 Å². The van der Waals surface area contributed by atoms with Crippen LogP contribution in [0.4, 0.5) is 5.69 Å². The van der Waals surface area contributed by atoms with Crippen molar-refractivity contribution in [1.82, 2.24) is 10.2 Å². The molecule has 0 unspecified atom stereocenters. The van der Waals surface area contributed by atoms with Gasteiger partial charge in [-0.25, -0.2) is 0 Å². The summed E-state index contributed by atoms with van der Waals surface area (Å²) < 4.78 is 10.6. The molecule has 1 saturated heterocycles. The summed E-state index contributed by atoms with van der Waals surface area (Å²) in [4.78, 5) is 27.9. The summed E-state index contributed by atoms with van der Waals surface area (Å²) in [5.74, 6) is 0.370. The molecule has 0 radical (unpaired) electrons. The van der Waals surface area contributed by atoms with E-state index < -0.39 is 12.4 Å². The van der Waals surface area contributed by atoms with Gasteiger partial charge >= 0.3 is 0 Å². The Morgan fingerprint density at radius 3 is 2.90 bits per heavy atom. The topological polar surface area (TPSA) is 112 Å². The van der Waals surface area contributed by atoms with Gasteiger partial charge in [0.05, 0.1) is 11.8 Å². The van der Waals surface area contributed by atoms with E-state index in [0.717, 1.165) is 0 Å². The first-order chi connectivity index (χ1) is 14.4. The number of likely N-dealkylation sites (N-methyl/N-ethyl adjacent to an activating group) is 1. The number of fused-ring (bicyclic) bond motifs is 1. The third-order valence-corrected chi connectivity index (χ3v) is 5.58. The van der Waals surface area contributed by atoms with Gasteiger partial charge in [-0.3, -0.25) is 9.59 Å². The average Bonchev–Trinajstić information content (AvgIpc) is 2.72. The highest BCUT2D eigenvalue weighted by molar-refractivity contribution is 5.98. The normalized spacial score (nSPS) is 26.3. The van der Waals surface area contributed by atoms with Gasteiger partial charge in [0.15, 0.2) is 12.9 Å². The van der Waals surface area contributed by atoms with Crippen molar-refractivity contribution in [2.75, 3.05) is 38.2 Å². The second-order valence-electron chi connectivity index (χ2n) is 7.87. The lowest BCUT2D eigenvalue weighted by Gasteiger charge is -2.40. The fourth-order valence-corrected chi connectivity index (χ4v) is 3.91. The summed E-state index contributed by atoms with van der Waals surface area (Å²) in [6, 6.07) is 7.10. The number of carbonyl (C=O) groups is 2. The van der Waals surface area contributed by atoms with Crippen LogP contribution in [0.3, 0.4) is 0 Å². The molecule has 0 aromatic heterocycles. The van der Waals surface area contributed by atoms with Gasteiger partial charge in [-0.05, 0) is 45.5 Å². The molecule has 9 heteroatoms. The molecule has 0 spiro atoms. The van der Waals surface area contributed by atoms with E-state index in [0.29, 0.717) is 43.9 Å². The maximum absolute atomic E-state index is 12.2. The number of ether oxygens (including phenoxy) is 2. The minimum Gasteiger partial charge on any atom is -0.482 e. The number of nitrogens with one attached hydrogen (secondary N) is 1. The average molecular weight is 421 g/mol. The summed E-state index contributed by atoms with van der Waals surface area (Å²) in [5.41, 5.74) is 0.689. The van der Waals surface area contributed by atoms with Crippen molar-refractivity contribution < 1.29 is 29.3 Å². The number of para-hydroxylation sites is 2. The smallest absolute Gasteiger partial charge is 0.265 e. The Labute approximate surface area is 176 Å². The Morgan fingerprint density at radius 2 is 2.10 bits per heavy atom. The molecule has 0 saturated carbocycles. The first-order valence-electron chi connectivity index (χ1n) is 10.4. The Bertz CT molecular complexity index is 745. The standard InChI is InChI=1S/C21H31N3O6/c1-14-12-16(20(27)21(28)30-14)23(2)10-5-9-22-18(25)8-11-24-15-6-3-4-7-17(15)29-13-19(24)26/h3-4,6-7,14,16,20-21,27-28H,5,8-13H2,1-2H3,(H,22,25)/t14-,16+,20-,21-/m1/s1. The molecule has 9 nitrogen and oxygen atoms in total. The zero-order valence-electron chi connectivity index (χ0n) is 17.5. The molecule has 2 heterocycles. The zero-order valence-corrected chi connectivity index (χ0v) is 17.5. The molecule has 30 heavy (non-hydrogen) atoms. The van der Waals surface area contributed by atoms with Crippen LogP contribution in [0.25, 0.3) is 0 Å². The number of aliphatic hydroxyl groups excluding tert-OH is 2. The van der Waals surface area contributed by atoms with Crippen LogP contribution < -0.4 is 15.0 Å². The molecule has 0 bridgehead atoms.